The molecule has 0 aromatic heterocycles. The van der Waals surface area contributed by atoms with E-state index in [4.69, 9.17) is 5.41 Å². The van der Waals surface area contributed by atoms with Crippen molar-refractivity contribution in [1.29, 1.82) is 5.41 Å². The highest BCUT2D eigenvalue weighted by Gasteiger charge is 2.13. The van der Waals surface area contributed by atoms with Crippen molar-refractivity contribution < 1.29 is 0 Å². The van der Waals surface area contributed by atoms with Crippen molar-refractivity contribution in [1.82, 2.24) is 5.32 Å². The Bertz CT molecular complexity index is 99.5. The maximum atomic E-state index is 7.33. The fourth-order valence-corrected chi connectivity index (χ4v) is 1.25. The Morgan fingerprint density at radius 3 is 2.44 bits per heavy atom. The van der Waals surface area contributed by atoms with Gasteiger partial charge >= 0.3 is 0 Å². The first kappa shape index (κ1) is 6.75. The van der Waals surface area contributed by atoms with Crippen molar-refractivity contribution in [2.45, 2.75) is 31.7 Å². The zero-order valence-corrected chi connectivity index (χ0v) is 5.91. The summed E-state index contributed by atoms with van der Waals surface area (Å²) in [6, 6.07) is 0.680. The molecule has 1 aliphatic rings. The predicted octanol–water partition coefficient (Wildman–Crippen LogP) is 1.17. The quantitative estimate of drug-likeness (QED) is 0.543. The third-order valence-corrected chi connectivity index (χ3v) is 2.00. The first-order valence-corrected chi connectivity index (χ1v) is 3.56. The summed E-state index contributed by atoms with van der Waals surface area (Å²) in [6.07, 6.45) is 4.34. The van der Waals surface area contributed by atoms with E-state index >= 15 is 0 Å². The number of nitrogens with one attached hydrogen (secondary N) is 2. The molecular weight excluding hydrogens is 112 g/mol. The molecule has 1 rings (SSSR count). The minimum atomic E-state index is 0.680. The molecule has 0 atom stereocenters. The average Bonchev–Trinajstić information content (AvgIpc) is 1.90. The molecule has 0 aromatic carbocycles. The van der Waals surface area contributed by atoms with Gasteiger partial charge < -0.3 is 10.7 Å². The van der Waals surface area contributed by atoms with Crippen LogP contribution < -0.4 is 5.32 Å². The molecule has 0 spiro atoms. The molecule has 0 heterocycles. The zero-order valence-electron chi connectivity index (χ0n) is 5.91. The summed E-state index contributed by atoms with van der Waals surface area (Å²) in [7, 11) is 2.00. The molecule has 1 aliphatic carbocycles. The Morgan fingerprint density at radius 2 is 2.00 bits per heavy atom. The molecule has 0 radical (unpaired) electrons. The van der Waals surface area contributed by atoms with Crippen molar-refractivity contribution in [2.24, 2.45) is 0 Å². The Hall–Kier alpha value is -0.370. The Labute approximate surface area is 56.2 Å². The molecule has 0 amide bonds. The van der Waals surface area contributed by atoms with Crippen LogP contribution in [0.5, 0.6) is 0 Å². The molecule has 0 bridgehead atoms. The van der Waals surface area contributed by atoms with Crippen LogP contribution >= 0.6 is 0 Å². The van der Waals surface area contributed by atoms with E-state index in [2.05, 4.69) is 5.32 Å². The van der Waals surface area contributed by atoms with Crippen LogP contribution in [0, 0.1) is 5.41 Å². The van der Waals surface area contributed by atoms with Gasteiger partial charge in [0.05, 0.1) is 0 Å². The molecule has 0 aliphatic heterocycles. The monoisotopic (exact) mass is 126 g/mol. The molecule has 9 heavy (non-hydrogen) atoms. The fourth-order valence-electron chi connectivity index (χ4n) is 1.25. The molecule has 1 saturated carbocycles. The van der Waals surface area contributed by atoms with Gasteiger partial charge in [-0.05, 0) is 32.7 Å². The molecule has 52 valence electrons. The lowest BCUT2D eigenvalue weighted by atomic mass is 9.94. The smallest absolute Gasteiger partial charge is 0.00903 e. The lowest BCUT2D eigenvalue weighted by Gasteiger charge is -2.21. The van der Waals surface area contributed by atoms with Crippen LogP contribution in [0.3, 0.4) is 0 Å². The van der Waals surface area contributed by atoms with Gasteiger partial charge in [0.2, 0.25) is 0 Å². The standard InChI is InChI=1S/C7H14N2/c1-9-7-4-2-6(8)3-5-7/h7-9H,2-5H2,1H3. The van der Waals surface area contributed by atoms with Crippen molar-refractivity contribution >= 4 is 5.71 Å². The normalized spacial score (nSPS) is 28.6. The van der Waals surface area contributed by atoms with E-state index < -0.39 is 0 Å². The van der Waals surface area contributed by atoms with E-state index in [9.17, 15) is 0 Å². The number of rotatable bonds is 1. The van der Waals surface area contributed by atoms with Crippen LogP contribution in [-0.2, 0) is 0 Å². The van der Waals surface area contributed by atoms with E-state index in [0.717, 1.165) is 31.4 Å². The molecule has 2 nitrogen and oxygen atoms in total. The average molecular weight is 126 g/mol. The second-order valence-electron chi connectivity index (χ2n) is 2.67. The minimum Gasteiger partial charge on any atom is -0.317 e. The van der Waals surface area contributed by atoms with Crippen LogP contribution in [-0.4, -0.2) is 18.8 Å². The summed E-state index contributed by atoms with van der Waals surface area (Å²) in [5.74, 6) is 0. The van der Waals surface area contributed by atoms with Crippen LogP contribution in [0.2, 0.25) is 0 Å². The van der Waals surface area contributed by atoms with Crippen LogP contribution in [0.4, 0.5) is 0 Å². The van der Waals surface area contributed by atoms with Crippen LogP contribution in [0.15, 0.2) is 0 Å². The van der Waals surface area contributed by atoms with Gasteiger partial charge in [0, 0.05) is 11.8 Å². The van der Waals surface area contributed by atoms with E-state index in [1.807, 2.05) is 7.05 Å². The second kappa shape index (κ2) is 2.97. The summed E-state index contributed by atoms with van der Waals surface area (Å²) >= 11 is 0. The van der Waals surface area contributed by atoms with Gasteiger partial charge in [0.1, 0.15) is 0 Å². The van der Waals surface area contributed by atoms with Gasteiger partial charge in [0.15, 0.2) is 0 Å². The summed E-state index contributed by atoms with van der Waals surface area (Å²) in [5, 5.41) is 10.6. The minimum absolute atomic E-state index is 0.680. The highest BCUT2D eigenvalue weighted by Crippen LogP contribution is 2.13. The predicted molar refractivity (Wildman–Crippen MR) is 39.0 cm³/mol. The molecule has 2 heteroatoms. The van der Waals surface area contributed by atoms with Gasteiger partial charge in [-0.2, -0.15) is 0 Å². The fraction of sp³-hybridized carbons (Fsp3) is 0.857. The Balaban J connectivity index is 2.26. The molecule has 0 unspecified atom stereocenters. The second-order valence-corrected chi connectivity index (χ2v) is 2.67. The largest absolute Gasteiger partial charge is 0.317 e. The van der Waals surface area contributed by atoms with Crippen molar-refractivity contribution in [3.8, 4) is 0 Å². The van der Waals surface area contributed by atoms with E-state index in [-0.39, 0.29) is 0 Å². The topological polar surface area (TPSA) is 35.9 Å². The maximum Gasteiger partial charge on any atom is 0.00903 e. The first-order chi connectivity index (χ1) is 4.33. The maximum absolute atomic E-state index is 7.33. The SMILES string of the molecule is CNC1CCC(=N)CC1. The third kappa shape index (κ3) is 1.79. The summed E-state index contributed by atoms with van der Waals surface area (Å²) < 4.78 is 0. The molecule has 0 aromatic rings. The van der Waals surface area contributed by atoms with Gasteiger partial charge in [0.25, 0.3) is 0 Å². The van der Waals surface area contributed by atoms with Crippen molar-refractivity contribution in [3.63, 3.8) is 0 Å². The molecule has 1 fully saturated rings. The third-order valence-electron chi connectivity index (χ3n) is 2.00. The lowest BCUT2D eigenvalue weighted by Crippen LogP contribution is -2.29. The number of hydrogen-bond acceptors (Lipinski definition) is 2. The Morgan fingerprint density at radius 1 is 1.44 bits per heavy atom. The van der Waals surface area contributed by atoms with E-state index in [0.29, 0.717) is 6.04 Å². The van der Waals surface area contributed by atoms with Gasteiger partial charge in [-0.15, -0.1) is 0 Å². The zero-order chi connectivity index (χ0) is 6.69. The van der Waals surface area contributed by atoms with Crippen molar-refractivity contribution in [2.75, 3.05) is 7.05 Å². The van der Waals surface area contributed by atoms with Gasteiger partial charge in [-0.1, -0.05) is 0 Å². The van der Waals surface area contributed by atoms with Gasteiger partial charge in [-0.3, -0.25) is 0 Å². The number of hydrogen-bond donors (Lipinski definition) is 2. The van der Waals surface area contributed by atoms with Crippen LogP contribution in [0.25, 0.3) is 0 Å². The van der Waals surface area contributed by atoms with Crippen molar-refractivity contribution in [3.05, 3.63) is 0 Å². The van der Waals surface area contributed by atoms with E-state index in [1.165, 1.54) is 0 Å². The van der Waals surface area contributed by atoms with E-state index in [1.54, 1.807) is 0 Å². The molecular formula is C7H14N2. The summed E-state index contributed by atoms with van der Waals surface area (Å²) in [6.45, 7) is 0. The Kier molecular flexibility index (Phi) is 2.22. The molecule has 2 N–H and O–H groups in total. The van der Waals surface area contributed by atoms with Crippen LogP contribution in [0.1, 0.15) is 25.7 Å². The summed E-state index contributed by atoms with van der Waals surface area (Å²) in [4.78, 5) is 0. The molecule has 0 saturated heterocycles. The van der Waals surface area contributed by atoms with Gasteiger partial charge in [-0.25, -0.2) is 0 Å². The highest BCUT2D eigenvalue weighted by atomic mass is 14.9. The first-order valence-electron chi connectivity index (χ1n) is 3.56. The highest BCUT2D eigenvalue weighted by molar-refractivity contribution is 5.82. The summed E-state index contributed by atoms with van der Waals surface area (Å²) in [5.41, 5.74) is 0.932. The lowest BCUT2D eigenvalue weighted by molar-refractivity contribution is 0.480.